The maximum absolute atomic E-state index is 12.8. The zero-order valence-electron chi connectivity index (χ0n) is 16.4. The fourth-order valence-electron chi connectivity index (χ4n) is 4.13. The molecule has 27 heavy (non-hydrogen) atoms. The Labute approximate surface area is 160 Å². The van der Waals surface area contributed by atoms with E-state index in [1.165, 1.54) is 0 Å². The van der Waals surface area contributed by atoms with Gasteiger partial charge in [0, 0.05) is 38.4 Å². The number of carbonyl (C=O) groups is 2. The van der Waals surface area contributed by atoms with E-state index in [1.807, 2.05) is 25.1 Å². The molecular weight excluding hydrogens is 344 g/mol. The van der Waals surface area contributed by atoms with Crippen molar-refractivity contribution in [2.45, 2.75) is 52.6 Å². The second kappa shape index (κ2) is 8.11. The Morgan fingerprint density at radius 3 is 2.85 bits per heavy atom. The van der Waals surface area contributed by atoms with Gasteiger partial charge in [-0.3, -0.25) is 9.59 Å². The van der Waals surface area contributed by atoms with Crippen molar-refractivity contribution in [3.63, 3.8) is 0 Å². The van der Waals surface area contributed by atoms with Crippen LogP contribution >= 0.6 is 0 Å². The molecule has 2 heterocycles. The number of benzene rings is 1. The van der Waals surface area contributed by atoms with Crippen molar-refractivity contribution < 1.29 is 19.2 Å². The number of aryl methyl sites for hydroxylation is 1. The predicted octanol–water partition coefficient (Wildman–Crippen LogP) is 3.07. The highest BCUT2D eigenvalue weighted by molar-refractivity contribution is 6.02. The van der Waals surface area contributed by atoms with Gasteiger partial charge in [0.15, 0.2) is 0 Å². The van der Waals surface area contributed by atoms with Crippen molar-refractivity contribution in [2.75, 3.05) is 19.7 Å². The number of likely N-dealkylation sites (tertiary alicyclic amines) is 1. The lowest BCUT2D eigenvalue weighted by atomic mass is 9.74. The minimum Gasteiger partial charge on any atom is -0.466 e. The maximum atomic E-state index is 12.8. The van der Waals surface area contributed by atoms with E-state index in [2.05, 4.69) is 18.1 Å². The molecule has 0 spiro atoms. The number of nitrogens with zero attached hydrogens (tertiary/aromatic N) is 2. The van der Waals surface area contributed by atoms with Gasteiger partial charge in [0.25, 0.3) is 0 Å². The lowest BCUT2D eigenvalue weighted by molar-refractivity contribution is -0.163. The average molecular weight is 372 g/mol. The number of ether oxygens (including phenoxy) is 1. The normalized spacial score (nSPS) is 24.9. The fourth-order valence-corrected chi connectivity index (χ4v) is 4.13. The van der Waals surface area contributed by atoms with Crippen LogP contribution in [0.25, 0.3) is 0 Å². The van der Waals surface area contributed by atoms with Crippen LogP contribution in [0.4, 0.5) is 0 Å². The molecule has 2 aliphatic rings. The molecule has 0 unspecified atom stereocenters. The highest BCUT2D eigenvalue weighted by Gasteiger charge is 2.47. The van der Waals surface area contributed by atoms with Crippen LogP contribution in [0.1, 0.15) is 50.7 Å². The Kier molecular flexibility index (Phi) is 5.82. The first-order chi connectivity index (χ1) is 12.9. The summed E-state index contributed by atoms with van der Waals surface area (Å²) >= 11 is 0. The molecule has 0 radical (unpaired) electrons. The third kappa shape index (κ3) is 4.15. The minimum absolute atomic E-state index is 0.00689. The van der Waals surface area contributed by atoms with Gasteiger partial charge in [0.1, 0.15) is 6.10 Å². The second-order valence-corrected chi connectivity index (χ2v) is 7.53. The SMILES string of the molecule is CCOC(=O)[C@]1(C[C@@H]2CC(c3ccccc3C)=NO2)CCCN(C(C)=O)C1. The molecule has 0 bridgehead atoms. The molecule has 6 heteroatoms. The number of hydrogen-bond donors (Lipinski definition) is 0. The molecule has 1 saturated heterocycles. The van der Waals surface area contributed by atoms with E-state index >= 15 is 0 Å². The largest absolute Gasteiger partial charge is 0.466 e. The number of oxime groups is 1. The molecule has 0 aromatic heterocycles. The molecule has 146 valence electrons. The lowest BCUT2D eigenvalue weighted by Gasteiger charge is -2.41. The van der Waals surface area contributed by atoms with Crippen molar-refractivity contribution >= 4 is 17.6 Å². The van der Waals surface area contributed by atoms with Gasteiger partial charge in [-0.1, -0.05) is 29.4 Å². The number of carbonyl (C=O) groups excluding carboxylic acids is 2. The van der Waals surface area contributed by atoms with Crippen LogP contribution in [0, 0.1) is 12.3 Å². The molecule has 2 aliphatic heterocycles. The zero-order chi connectivity index (χ0) is 19.4. The van der Waals surface area contributed by atoms with Gasteiger partial charge < -0.3 is 14.5 Å². The van der Waals surface area contributed by atoms with Crippen LogP contribution in [0.15, 0.2) is 29.4 Å². The number of hydrogen-bond acceptors (Lipinski definition) is 5. The van der Waals surface area contributed by atoms with E-state index in [9.17, 15) is 9.59 Å². The second-order valence-electron chi connectivity index (χ2n) is 7.53. The first-order valence-corrected chi connectivity index (χ1v) is 9.66. The molecule has 1 aromatic rings. The fraction of sp³-hybridized carbons (Fsp3) is 0.571. The van der Waals surface area contributed by atoms with Gasteiger partial charge in [-0.05, 0) is 32.3 Å². The van der Waals surface area contributed by atoms with Crippen LogP contribution in [0.3, 0.4) is 0 Å². The molecular formula is C21H28N2O4. The zero-order valence-corrected chi connectivity index (χ0v) is 16.4. The van der Waals surface area contributed by atoms with Crippen LogP contribution in [0.2, 0.25) is 0 Å². The summed E-state index contributed by atoms with van der Waals surface area (Å²) in [6.07, 6.45) is 2.47. The monoisotopic (exact) mass is 372 g/mol. The van der Waals surface area contributed by atoms with E-state index in [0.29, 0.717) is 39.0 Å². The summed E-state index contributed by atoms with van der Waals surface area (Å²) in [5.74, 6) is -0.239. The summed E-state index contributed by atoms with van der Waals surface area (Å²) < 4.78 is 5.38. The molecule has 1 fully saturated rings. The molecule has 1 amide bonds. The Bertz CT molecular complexity index is 745. The highest BCUT2D eigenvalue weighted by Crippen LogP contribution is 2.39. The van der Waals surface area contributed by atoms with Crippen LogP contribution in [-0.4, -0.2) is 48.3 Å². The molecule has 2 atom stereocenters. The van der Waals surface area contributed by atoms with Crippen LogP contribution in [0.5, 0.6) is 0 Å². The first-order valence-electron chi connectivity index (χ1n) is 9.66. The quantitative estimate of drug-likeness (QED) is 0.745. The molecule has 6 nitrogen and oxygen atoms in total. The number of rotatable bonds is 5. The van der Waals surface area contributed by atoms with Gasteiger partial charge >= 0.3 is 5.97 Å². The maximum Gasteiger partial charge on any atom is 0.314 e. The summed E-state index contributed by atoms with van der Waals surface area (Å²) in [7, 11) is 0. The molecule has 3 rings (SSSR count). The van der Waals surface area contributed by atoms with E-state index in [-0.39, 0.29) is 18.0 Å². The number of piperidine rings is 1. The topological polar surface area (TPSA) is 68.2 Å². The van der Waals surface area contributed by atoms with Crippen molar-refractivity contribution in [1.82, 2.24) is 4.90 Å². The summed E-state index contributed by atoms with van der Waals surface area (Å²) in [6, 6.07) is 8.08. The third-order valence-electron chi connectivity index (χ3n) is 5.54. The summed E-state index contributed by atoms with van der Waals surface area (Å²) in [4.78, 5) is 32.2. The Balaban J connectivity index is 1.75. The summed E-state index contributed by atoms with van der Waals surface area (Å²) in [6.45, 7) is 6.82. The standard InChI is InChI=1S/C21H28N2O4/c1-4-26-20(25)21(10-7-11-23(14-21)16(3)24)13-17-12-19(22-27-17)18-9-6-5-8-15(18)2/h5-6,8-9,17H,4,7,10-14H2,1-3H3/t17-,21-/m0/s1. The molecule has 0 saturated carbocycles. The van der Waals surface area contributed by atoms with Gasteiger partial charge in [-0.25, -0.2) is 0 Å². The minimum atomic E-state index is -0.721. The van der Waals surface area contributed by atoms with Gasteiger partial charge in [0.2, 0.25) is 5.91 Å². The van der Waals surface area contributed by atoms with E-state index in [1.54, 1.807) is 11.8 Å². The van der Waals surface area contributed by atoms with E-state index in [0.717, 1.165) is 23.3 Å². The van der Waals surface area contributed by atoms with Gasteiger partial charge in [0.05, 0.1) is 17.7 Å². The van der Waals surface area contributed by atoms with E-state index in [4.69, 9.17) is 9.57 Å². The highest BCUT2D eigenvalue weighted by atomic mass is 16.6. The average Bonchev–Trinajstić information content (AvgIpc) is 3.10. The molecule has 1 aromatic carbocycles. The smallest absolute Gasteiger partial charge is 0.314 e. The predicted molar refractivity (Wildman–Crippen MR) is 102 cm³/mol. The molecule has 0 aliphatic carbocycles. The molecule has 0 N–H and O–H groups in total. The Morgan fingerprint density at radius 2 is 2.15 bits per heavy atom. The number of amides is 1. The van der Waals surface area contributed by atoms with E-state index < -0.39 is 5.41 Å². The Morgan fingerprint density at radius 1 is 1.37 bits per heavy atom. The van der Waals surface area contributed by atoms with Crippen molar-refractivity contribution in [2.24, 2.45) is 10.6 Å². The van der Waals surface area contributed by atoms with Crippen molar-refractivity contribution in [3.05, 3.63) is 35.4 Å². The lowest BCUT2D eigenvalue weighted by Crippen LogP contribution is -2.51. The van der Waals surface area contributed by atoms with Crippen molar-refractivity contribution in [1.29, 1.82) is 0 Å². The van der Waals surface area contributed by atoms with Gasteiger partial charge in [-0.15, -0.1) is 0 Å². The van der Waals surface area contributed by atoms with Crippen molar-refractivity contribution in [3.8, 4) is 0 Å². The first kappa shape index (κ1) is 19.4. The number of esters is 1. The third-order valence-corrected chi connectivity index (χ3v) is 5.54. The summed E-state index contributed by atoms with van der Waals surface area (Å²) in [5.41, 5.74) is 2.43. The van der Waals surface area contributed by atoms with Crippen LogP contribution in [-0.2, 0) is 19.2 Å². The van der Waals surface area contributed by atoms with Crippen LogP contribution < -0.4 is 0 Å². The van der Waals surface area contributed by atoms with Gasteiger partial charge in [-0.2, -0.15) is 0 Å². The Hall–Kier alpha value is -2.37. The summed E-state index contributed by atoms with van der Waals surface area (Å²) in [5, 5.41) is 4.29.